The lowest BCUT2D eigenvalue weighted by Gasteiger charge is -2.13. The van der Waals surface area contributed by atoms with E-state index in [9.17, 15) is 9.50 Å². The second-order valence-electron chi connectivity index (χ2n) is 4.33. The Bertz CT molecular complexity index is 613. The maximum atomic E-state index is 13.8. The molecule has 102 valence electrons. The molecule has 0 saturated carbocycles. The Morgan fingerprint density at radius 3 is 2.68 bits per heavy atom. The number of benzene rings is 1. The molecular formula is C13H13Cl2FN2O. The Morgan fingerprint density at radius 1 is 1.42 bits per heavy atom. The van der Waals surface area contributed by atoms with Gasteiger partial charge in [0.25, 0.3) is 0 Å². The van der Waals surface area contributed by atoms with E-state index in [1.807, 2.05) is 0 Å². The molecule has 0 aliphatic carbocycles. The molecule has 6 heteroatoms. The third kappa shape index (κ3) is 2.76. The van der Waals surface area contributed by atoms with E-state index in [0.29, 0.717) is 16.4 Å². The summed E-state index contributed by atoms with van der Waals surface area (Å²) in [5.41, 5.74) is 1.49. The van der Waals surface area contributed by atoms with Crippen LogP contribution in [0.2, 0.25) is 10.0 Å². The van der Waals surface area contributed by atoms with Crippen molar-refractivity contribution in [3.63, 3.8) is 0 Å². The van der Waals surface area contributed by atoms with Crippen LogP contribution in [0.1, 0.15) is 23.1 Å². The summed E-state index contributed by atoms with van der Waals surface area (Å²) in [5.74, 6) is -0.605. The molecule has 19 heavy (non-hydrogen) atoms. The predicted octanol–water partition coefficient (Wildman–Crippen LogP) is 3.45. The number of aliphatic hydroxyl groups is 1. The maximum absolute atomic E-state index is 13.8. The van der Waals surface area contributed by atoms with Crippen molar-refractivity contribution in [1.29, 1.82) is 0 Å². The van der Waals surface area contributed by atoms with Gasteiger partial charge in [-0.15, -0.1) is 0 Å². The lowest BCUT2D eigenvalue weighted by Crippen LogP contribution is -2.08. The second-order valence-corrected chi connectivity index (χ2v) is 5.12. The predicted molar refractivity (Wildman–Crippen MR) is 73.0 cm³/mol. The fourth-order valence-corrected chi connectivity index (χ4v) is 2.39. The van der Waals surface area contributed by atoms with Crippen molar-refractivity contribution in [2.45, 2.75) is 19.4 Å². The molecule has 0 aliphatic heterocycles. The Labute approximate surface area is 120 Å². The molecule has 0 aliphatic rings. The van der Waals surface area contributed by atoms with Crippen molar-refractivity contribution in [1.82, 2.24) is 9.78 Å². The van der Waals surface area contributed by atoms with E-state index in [2.05, 4.69) is 5.10 Å². The highest BCUT2D eigenvalue weighted by atomic mass is 35.5. The van der Waals surface area contributed by atoms with Gasteiger partial charge in [-0.1, -0.05) is 35.3 Å². The third-order valence-electron chi connectivity index (χ3n) is 2.99. The zero-order valence-corrected chi connectivity index (χ0v) is 12.0. The summed E-state index contributed by atoms with van der Waals surface area (Å²) in [6.45, 7) is 1.78. The Hall–Kier alpha value is -1.10. The van der Waals surface area contributed by atoms with Crippen LogP contribution < -0.4 is 0 Å². The van der Waals surface area contributed by atoms with Gasteiger partial charge in [-0.3, -0.25) is 4.68 Å². The van der Waals surface area contributed by atoms with Crippen molar-refractivity contribution in [2.24, 2.45) is 7.05 Å². The molecule has 0 fully saturated rings. The third-order valence-corrected chi connectivity index (χ3v) is 3.77. The summed E-state index contributed by atoms with van der Waals surface area (Å²) in [5, 5.41) is 14.8. The lowest BCUT2D eigenvalue weighted by molar-refractivity contribution is 0.171. The van der Waals surface area contributed by atoms with Gasteiger partial charge in [0.2, 0.25) is 0 Å². The average molecular weight is 303 g/mol. The van der Waals surface area contributed by atoms with Crippen LogP contribution in [0.5, 0.6) is 0 Å². The summed E-state index contributed by atoms with van der Waals surface area (Å²) in [6, 6.07) is 4.54. The van der Waals surface area contributed by atoms with Crippen molar-refractivity contribution in [3.8, 4) is 0 Å². The quantitative estimate of drug-likeness (QED) is 0.943. The molecule has 0 saturated heterocycles. The minimum Gasteiger partial charge on any atom is -0.388 e. The van der Waals surface area contributed by atoms with E-state index in [4.69, 9.17) is 23.2 Å². The Kier molecular flexibility index (Phi) is 4.13. The first kappa shape index (κ1) is 14.3. The summed E-state index contributed by atoms with van der Waals surface area (Å²) in [4.78, 5) is 0. The van der Waals surface area contributed by atoms with Gasteiger partial charge in [-0.2, -0.15) is 5.10 Å². The minimum absolute atomic E-state index is 0.0103. The van der Waals surface area contributed by atoms with Crippen LogP contribution in [0.3, 0.4) is 0 Å². The van der Waals surface area contributed by atoms with Crippen molar-refractivity contribution in [3.05, 3.63) is 51.0 Å². The smallest absolute Gasteiger partial charge is 0.147 e. The van der Waals surface area contributed by atoms with Crippen LogP contribution in [-0.2, 0) is 13.5 Å². The SMILES string of the molecule is Cc1nn(C)c(CC(O)c2cccc(Cl)c2F)c1Cl. The molecular weight excluding hydrogens is 290 g/mol. The first-order valence-electron chi connectivity index (χ1n) is 5.71. The maximum Gasteiger partial charge on any atom is 0.147 e. The fraction of sp³-hybridized carbons (Fsp3) is 0.308. The zero-order valence-electron chi connectivity index (χ0n) is 10.5. The molecule has 1 heterocycles. The minimum atomic E-state index is -1.02. The number of hydrogen-bond acceptors (Lipinski definition) is 2. The number of hydrogen-bond donors (Lipinski definition) is 1. The molecule has 3 nitrogen and oxygen atoms in total. The van der Waals surface area contributed by atoms with Crippen molar-refractivity contribution < 1.29 is 9.50 Å². The van der Waals surface area contributed by atoms with E-state index < -0.39 is 11.9 Å². The van der Waals surface area contributed by atoms with Crippen molar-refractivity contribution >= 4 is 23.2 Å². The highest BCUT2D eigenvalue weighted by Crippen LogP contribution is 2.28. The van der Waals surface area contributed by atoms with E-state index in [1.54, 1.807) is 24.7 Å². The molecule has 1 atom stereocenters. The number of halogens is 3. The van der Waals surface area contributed by atoms with Crippen LogP contribution in [0, 0.1) is 12.7 Å². The van der Waals surface area contributed by atoms with Crippen LogP contribution in [0.15, 0.2) is 18.2 Å². The van der Waals surface area contributed by atoms with Crippen LogP contribution in [0.25, 0.3) is 0 Å². The fourth-order valence-electron chi connectivity index (χ4n) is 1.97. The number of rotatable bonds is 3. The number of aliphatic hydroxyl groups excluding tert-OH is 1. The lowest BCUT2D eigenvalue weighted by atomic mass is 10.0. The van der Waals surface area contributed by atoms with Gasteiger partial charge in [-0.05, 0) is 13.0 Å². The van der Waals surface area contributed by atoms with Gasteiger partial charge < -0.3 is 5.11 Å². The number of aryl methyl sites for hydroxylation is 2. The topological polar surface area (TPSA) is 38.0 Å². The summed E-state index contributed by atoms with van der Waals surface area (Å²) < 4.78 is 15.4. The number of aromatic nitrogens is 2. The van der Waals surface area contributed by atoms with Crippen LogP contribution in [0.4, 0.5) is 4.39 Å². The molecule has 0 bridgehead atoms. The summed E-state index contributed by atoms with van der Waals surface area (Å²) in [6.07, 6.45) is -0.848. The van der Waals surface area contributed by atoms with Gasteiger partial charge >= 0.3 is 0 Å². The van der Waals surface area contributed by atoms with E-state index >= 15 is 0 Å². The average Bonchev–Trinajstić information content (AvgIpc) is 2.59. The Balaban J connectivity index is 2.31. The standard InChI is InChI=1S/C13H13Cl2FN2O/c1-7-12(15)10(18(2)17-7)6-11(19)8-4-3-5-9(14)13(8)16/h3-5,11,19H,6H2,1-2H3. The molecule has 1 unspecified atom stereocenters. The van der Waals surface area contributed by atoms with E-state index in [0.717, 1.165) is 0 Å². The molecule has 0 spiro atoms. The zero-order chi connectivity index (χ0) is 14.2. The molecule has 2 aromatic rings. The molecule has 1 aromatic heterocycles. The normalized spacial score (nSPS) is 12.7. The molecule has 1 aromatic carbocycles. The molecule has 1 N–H and O–H groups in total. The van der Waals surface area contributed by atoms with Gasteiger partial charge in [0.15, 0.2) is 0 Å². The first-order chi connectivity index (χ1) is 8.91. The molecule has 0 radical (unpaired) electrons. The van der Waals surface area contributed by atoms with Crippen molar-refractivity contribution in [2.75, 3.05) is 0 Å². The summed E-state index contributed by atoms with van der Waals surface area (Å²) in [7, 11) is 1.73. The monoisotopic (exact) mass is 302 g/mol. The highest BCUT2D eigenvalue weighted by molar-refractivity contribution is 6.32. The van der Waals surface area contributed by atoms with Gasteiger partial charge in [-0.25, -0.2) is 4.39 Å². The second kappa shape index (κ2) is 5.49. The summed E-state index contributed by atoms with van der Waals surface area (Å²) >= 11 is 11.8. The molecule has 0 amide bonds. The van der Waals surface area contributed by atoms with Gasteiger partial charge in [0.05, 0.1) is 27.5 Å². The van der Waals surface area contributed by atoms with Gasteiger partial charge in [0.1, 0.15) is 5.82 Å². The van der Waals surface area contributed by atoms with Crippen LogP contribution in [-0.4, -0.2) is 14.9 Å². The number of nitrogens with zero attached hydrogens (tertiary/aromatic N) is 2. The molecule has 2 rings (SSSR count). The highest BCUT2D eigenvalue weighted by Gasteiger charge is 2.20. The first-order valence-corrected chi connectivity index (χ1v) is 6.47. The van der Waals surface area contributed by atoms with E-state index in [1.165, 1.54) is 12.1 Å². The van der Waals surface area contributed by atoms with E-state index in [-0.39, 0.29) is 17.0 Å². The Morgan fingerprint density at radius 2 is 2.11 bits per heavy atom. The van der Waals surface area contributed by atoms with Crippen LogP contribution >= 0.6 is 23.2 Å². The largest absolute Gasteiger partial charge is 0.388 e. The van der Waals surface area contributed by atoms with Gasteiger partial charge in [0, 0.05) is 19.0 Å².